The zero-order valence-electron chi connectivity index (χ0n) is 31.7. The highest BCUT2D eigenvalue weighted by molar-refractivity contribution is 7.47. The molecule has 0 aliphatic rings. The van der Waals surface area contributed by atoms with E-state index in [9.17, 15) is 14.3 Å². The minimum Gasteiger partial charge on any atom is -0.457 e. The molecular weight excluding hydrogens is 625 g/mol. The predicted octanol–water partition coefficient (Wildman–Crippen LogP) is 10.7. The molecule has 0 bridgehead atoms. The van der Waals surface area contributed by atoms with Crippen LogP contribution in [0.5, 0.6) is 0 Å². The smallest absolute Gasteiger partial charge is 0.457 e. The van der Waals surface area contributed by atoms with Crippen LogP contribution in [0.2, 0.25) is 0 Å². The second kappa shape index (κ2) is 32.9. The highest BCUT2D eigenvalue weighted by Gasteiger charge is 2.26. The van der Waals surface area contributed by atoms with Crippen LogP contribution < -0.4 is 0 Å². The fraction of sp³-hybridized carbons (Fsp3) is 0.821. The Kier molecular flexibility index (Phi) is 32.0. The minimum atomic E-state index is -4.27. The number of quaternary nitrogens is 1. The minimum absolute atomic E-state index is 0.0852. The third-order valence-corrected chi connectivity index (χ3v) is 8.95. The molecule has 0 aromatic carbocycles. The summed E-state index contributed by atoms with van der Waals surface area (Å²) in [6, 6.07) is 0. The van der Waals surface area contributed by atoms with Crippen LogP contribution in [0.4, 0.5) is 0 Å². The maximum atomic E-state index is 12.6. The van der Waals surface area contributed by atoms with Gasteiger partial charge in [0.25, 0.3) is 0 Å². The number of hydrogen-bond donors (Lipinski definition) is 1. The quantitative estimate of drug-likeness (QED) is 0.0231. The average molecular weight is 701 g/mol. The normalized spacial score (nSPS) is 14.4. The van der Waals surface area contributed by atoms with Gasteiger partial charge in [0.2, 0.25) is 0 Å². The lowest BCUT2D eigenvalue weighted by Gasteiger charge is -2.24. The molecule has 0 aromatic rings. The van der Waals surface area contributed by atoms with Gasteiger partial charge in [-0.15, -0.1) is 0 Å². The van der Waals surface area contributed by atoms with Crippen molar-refractivity contribution in [2.75, 3.05) is 54.1 Å². The number of carbonyl (C=O) groups excluding carboxylic acids is 1. The Morgan fingerprint density at radius 3 is 1.81 bits per heavy atom. The van der Waals surface area contributed by atoms with E-state index in [1.807, 2.05) is 21.1 Å². The summed E-state index contributed by atoms with van der Waals surface area (Å²) in [6.45, 7) is 5.48. The van der Waals surface area contributed by atoms with Gasteiger partial charge < -0.3 is 18.9 Å². The van der Waals surface area contributed by atoms with E-state index in [4.69, 9.17) is 18.5 Å². The van der Waals surface area contributed by atoms with Gasteiger partial charge in [-0.25, -0.2) is 4.57 Å². The van der Waals surface area contributed by atoms with Crippen LogP contribution in [-0.4, -0.2) is 75.6 Å². The lowest BCUT2D eigenvalue weighted by molar-refractivity contribution is -0.870. The molecule has 0 aliphatic carbocycles. The van der Waals surface area contributed by atoms with Crippen LogP contribution >= 0.6 is 7.82 Å². The SMILES string of the molecule is CC/C=C\C/C=C\C/C=C\CCCCCCCC(=O)OC(COCCCCCCCCCCCCC)COP(=O)(O)OCC[N+](C)(C)C. The molecular formula is C39H75NO7P+. The summed E-state index contributed by atoms with van der Waals surface area (Å²) in [6.07, 6.45) is 35.9. The predicted molar refractivity (Wildman–Crippen MR) is 201 cm³/mol. The molecule has 8 nitrogen and oxygen atoms in total. The molecule has 0 aromatic heterocycles. The first-order valence-corrected chi connectivity index (χ1v) is 20.7. The largest absolute Gasteiger partial charge is 0.472 e. The number of allylic oxidation sites excluding steroid dienone is 6. The van der Waals surface area contributed by atoms with Gasteiger partial charge in [0.15, 0.2) is 0 Å². The van der Waals surface area contributed by atoms with E-state index < -0.39 is 13.9 Å². The van der Waals surface area contributed by atoms with Crippen molar-refractivity contribution < 1.29 is 37.3 Å². The number of rotatable bonds is 35. The van der Waals surface area contributed by atoms with Crippen molar-refractivity contribution in [2.45, 2.75) is 155 Å². The molecule has 0 saturated carbocycles. The Hall–Kier alpha value is -1.28. The van der Waals surface area contributed by atoms with Crippen LogP contribution in [0.15, 0.2) is 36.5 Å². The number of hydrogen-bond acceptors (Lipinski definition) is 6. The monoisotopic (exact) mass is 701 g/mol. The topological polar surface area (TPSA) is 91.3 Å². The van der Waals surface area contributed by atoms with E-state index in [-0.39, 0.29) is 25.8 Å². The lowest BCUT2D eigenvalue weighted by atomic mass is 10.1. The van der Waals surface area contributed by atoms with Gasteiger partial charge in [-0.05, 0) is 44.9 Å². The molecule has 9 heteroatoms. The Bertz CT molecular complexity index is 869. The highest BCUT2D eigenvalue weighted by atomic mass is 31.2. The standard InChI is InChI=1S/C39H74NO7P/c1-6-8-10-12-14-16-18-19-20-21-22-24-26-28-30-32-39(41)47-38(37-46-48(42,43)45-35-33-40(3,4)5)36-44-34-31-29-27-25-23-17-15-13-11-9-7-2/h8,10,14,16,19-20,38H,6-7,9,11-13,15,17-18,21-37H2,1-5H3/p+1/b10-8-,16-14-,20-19-. The molecule has 0 aliphatic heterocycles. The van der Waals surface area contributed by atoms with Crippen LogP contribution in [0, 0.1) is 0 Å². The number of esters is 1. The van der Waals surface area contributed by atoms with Crippen molar-refractivity contribution in [2.24, 2.45) is 0 Å². The Morgan fingerprint density at radius 2 is 1.21 bits per heavy atom. The van der Waals surface area contributed by atoms with E-state index in [2.05, 4.69) is 50.3 Å². The Balaban J connectivity index is 4.33. The van der Waals surface area contributed by atoms with Crippen molar-refractivity contribution in [1.82, 2.24) is 0 Å². The molecule has 282 valence electrons. The molecule has 0 heterocycles. The van der Waals surface area contributed by atoms with Crippen molar-refractivity contribution in [1.29, 1.82) is 0 Å². The first-order valence-electron chi connectivity index (χ1n) is 19.2. The fourth-order valence-corrected chi connectivity index (χ4v) is 5.72. The summed E-state index contributed by atoms with van der Waals surface area (Å²) in [4.78, 5) is 22.8. The van der Waals surface area contributed by atoms with Crippen LogP contribution in [0.1, 0.15) is 149 Å². The number of phosphoric acid groups is 1. The van der Waals surface area contributed by atoms with Crippen molar-refractivity contribution in [3.05, 3.63) is 36.5 Å². The summed E-state index contributed by atoms with van der Waals surface area (Å²) < 4.78 is 34.8. The van der Waals surface area contributed by atoms with E-state index >= 15 is 0 Å². The lowest BCUT2D eigenvalue weighted by Crippen LogP contribution is -2.37. The van der Waals surface area contributed by atoms with Gasteiger partial charge >= 0.3 is 13.8 Å². The maximum absolute atomic E-state index is 12.6. The van der Waals surface area contributed by atoms with Crippen LogP contribution in [-0.2, 0) is 27.9 Å². The number of phosphoric ester groups is 1. The van der Waals surface area contributed by atoms with E-state index in [1.54, 1.807) is 0 Å². The van der Waals surface area contributed by atoms with E-state index in [0.29, 0.717) is 24.1 Å². The van der Waals surface area contributed by atoms with Crippen LogP contribution in [0.25, 0.3) is 0 Å². The Labute approximate surface area is 295 Å². The van der Waals surface area contributed by atoms with Crippen molar-refractivity contribution in [3.63, 3.8) is 0 Å². The van der Waals surface area contributed by atoms with E-state index in [1.165, 1.54) is 57.8 Å². The maximum Gasteiger partial charge on any atom is 0.472 e. The van der Waals surface area contributed by atoms with Gasteiger partial charge in [0, 0.05) is 13.0 Å². The van der Waals surface area contributed by atoms with Gasteiger partial charge in [-0.3, -0.25) is 13.8 Å². The number of unbranched alkanes of at least 4 members (excludes halogenated alkanes) is 15. The summed E-state index contributed by atoms with van der Waals surface area (Å²) in [5, 5.41) is 0. The molecule has 2 unspecified atom stereocenters. The number of carbonyl (C=O) groups is 1. The van der Waals surface area contributed by atoms with Crippen molar-refractivity contribution in [3.8, 4) is 0 Å². The van der Waals surface area contributed by atoms with Crippen molar-refractivity contribution >= 4 is 13.8 Å². The van der Waals surface area contributed by atoms with Gasteiger partial charge in [0.1, 0.15) is 19.3 Å². The second-order valence-corrected chi connectivity index (χ2v) is 15.4. The summed E-state index contributed by atoms with van der Waals surface area (Å²) in [7, 11) is 1.65. The number of nitrogens with zero attached hydrogens (tertiary/aromatic N) is 1. The van der Waals surface area contributed by atoms with E-state index in [0.717, 1.165) is 70.6 Å². The third-order valence-electron chi connectivity index (χ3n) is 7.97. The van der Waals surface area contributed by atoms with Gasteiger partial charge in [-0.1, -0.05) is 134 Å². The molecule has 0 saturated heterocycles. The first kappa shape index (κ1) is 46.7. The van der Waals surface area contributed by atoms with Gasteiger partial charge in [0.05, 0.1) is 34.4 Å². The summed E-state index contributed by atoms with van der Waals surface area (Å²) >= 11 is 0. The molecule has 1 N–H and O–H groups in total. The average Bonchev–Trinajstić information content (AvgIpc) is 3.03. The zero-order valence-corrected chi connectivity index (χ0v) is 32.6. The molecule has 0 radical (unpaired) electrons. The fourth-order valence-electron chi connectivity index (χ4n) is 4.98. The third kappa shape index (κ3) is 36.0. The second-order valence-electron chi connectivity index (χ2n) is 13.9. The van der Waals surface area contributed by atoms with Gasteiger partial charge in [-0.2, -0.15) is 0 Å². The number of ether oxygens (including phenoxy) is 2. The Morgan fingerprint density at radius 1 is 0.667 bits per heavy atom. The molecule has 2 atom stereocenters. The molecule has 0 amide bonds. The van der Waals surface area contributed by atoms with Crippen LogP contribution in [0.3, 0.4) is 0 Å². The number of likely N-dealkylation sites (N-methyl/N-ethyl adjacent to an activating group) is 1. The molecule has 0 rings (SSSR count). The summed E-state index contributed by atoms with van der Waals surface area (Å²) in [5.74, 6) is -0.332. The zero-order chi connectivity index (χ0) is 35.6. The summed E-state index contributed by atoms with van der Waals surface area (Å²) in [5.41, 5.74) is 0. The molecule has 48 heavy (non-hydrogen) atoms. The first-order chi connectivity index (χ1) is 23.1. The molecule has 0 spiro atoms. The molecule has 0 fully saturated rings. The highest BCUT2D eigenvalue weighted by Crippen LogP contribution is 2.43.